The van der Waals surface area contributed by atoms with Gasteiger partial charge in [-0.1, -0.05) is 19.3 Å². The summed E-state index contributed by atoms with van der Waals surface area (Å²) in [6.45, 7) is 1.99. The Labute approximate surface area is 114 Å². The third-order valence-electron chi connectivity index (χ3n) is 4.14. The van der Waals surface area contributed by atoms with E-state index < -0.39 is 0 Å². The Balaban J connectivity index is 1.57. The number of nitrogens with one attached hydrogen (secondary N) is 2. The minimum absolute atomic E-state index is 0.610. The fraction of sp³-hybridized carbons (Fsp3) is 0.643. The van der Waals surface area contributed by atoms with Gasteiger partial charge in [-0.3, -0.25) is 0 Å². The quantitative estimate of drug-likeness (QED) is 0.764. The molecule has 1 aromatic heterocycles. The Morgan fingerprint density at radius 1 is 1.33 bits per heavy atom. The van der Waals surface area contributed by atoms with Crippen LogP contribution in [0.4, 0.5) is 0 Å². The molecule has 1 aromatic rings. The molecule has 3 rings (SSSR count). The summed E-state index contributed by atoms with van der Waals surface area (Å²) in [5, 5.41) is 4.51. The van der Waals surface area contributed by atoms with Crippen molar-refractivity contribution in [1.82, 2.24) is 15.2 Å². The van der Waals surface area contributed by atoms with Crippen LogP contribution in [0.15, 0.2) is 12.3 Å². The SMILES string of the molecule is S=C(NC1CCCCC1)N1CCc2[nH]ccc2C1. The first-order valence-corrected chi connectivity index (χ1v) is 7.44. The van der Waals surface area contributed by atoms with Crippen LogP contribution in [0.3, 0.4) is 0 Å². The van der Waals surface area contributed by atoms with Crippen LogP contribution in [0.25, 0.3) is 0 Å². The van der Waals surface area contributed by atoms with Crippen LogP contribution in [0.5, 0.6) is 0 Å². The van der Waals surface area contributed by atoms with Gasteiger partial charge in [-0.05, 0) is 36.7 Å². The second-order valence-electron chi connectivity index (χ2n) is 5.44. The molecule has 0 bridgehead atoms. The van der Waals surface area contributed by atoms with Gasteiger partial charge < -0.3 is 15.2 Å². The van der Waals surface area contributed by atoms with Gasteiger partial charge in [-0.15, -0.1) is 0 Å². The molecule has 4 heteroatoms. The van der Waals surface area contributed by atoms with Crippen LogP contribution < -0.4 is 5.32 Å². The number of hydrogen-bond acceptors (Lipinski definition) is 1. The Hall–Kier alpha value is -1.03. The van der Waals surface area contributed by atoms with Gasteiger partial charge in [0.25, 0.3) is 0 Å². The van der Waals surface area contributed by atoms with Gasteiger partial charge in [-0.2, -0.15) is 0 Å². The number of hydrogen-bond donors (Lipinski definition) is 2. The van der Waals surface area contributed by atoms with E-state index >= 15 is 0 Å². The molecule has 1 fully saturated rings. The number of fused-ring (bicyclic) bond motifs is 1. The normalized spacial score (nSPS) is 20.6. The van der Waals surface area contributed by atoms with Crippen molar-refractivity contribution < 1.29 is 0 Å². The summed E-state index contributed by atoms with van der Waals surface area (Å²) in [7, 11) is 0. The molecule has 0 radical (unpaired) electrons. The number of aromatic amines is 1. The molecule has 3 nitrogen and oxygen atoms in total. The monoisotopic (exact) mass is 263 g/mol. The van der Waals surface area contributed by atoms with E-state index in [2.05, 4.69) is 21.3 Å². The summed E-state index contributed by atoms with van der Waals surface area (Å²) in [5.74, 6) is 0. The molecule has 0 atom stereocenters. The van der Waals surface area contributed by atoms with Gasteiger partial charge in [0.05, 0.1) is 0 Å². The molecule has 98 valence electrons. The van der Waals surface area contributed by atoms with E-state index in [1.165, 1.54) is 43.4 Å². The predicted molar refractivity (Wildman–Crippen MR) is 77.5 cm³/mol. The summed E-state index contributed by atoms with van der Waals surface area (Å²) in [6.07, 6.45) is 9.76. The average Bonchev–Trinajstić information content (AvgIpc) is 2.87. The lowest BCUT2D eigenvalue weighted by Crippen LogP contribution is -2.46. The highest BCUT2D eigenvalue weighted by molar-refractivity contribution is 7.80. The minimum Gasteiger partial charge on any atom is -0.365 e. The molecule has 0 unspecified atom stereocenters. The molecule has 1 saturated carbocycles. The van der Waals surface area contributed by atoms with Crippen LogP contribution in [-0.2, 0) is 13.0 Å². The highest BCUT2D eigenvalue weighted by Gasteiger charge is 2.21. The van der Waals surface area contributed by atoms with Gasteiger partial charge >= 0.3 is 0 Å². The molecule has 2 heterocycles. The molecular weight excluding hydrogens is 242 g/mol. The highest BCUT2D eigenvalue weighted by Crippen LogP contribution is 2.20. The van der Waals surface area contributed by atoms with Crippen molar-refractivity contribution in [1.29, 1.82) is 0 Å². The number of rotatable bonds is 1. The minimum atomic E-state index is 0.610. The lowest BCUT2D eigenvalue weighted by molar-refractivity contribution is 0.356. The Bertz CT molecular complexity index is 420. The largest absolute Gasteiger partial charge is 0.365 e. The van der Waals surface area contributed by atoms with Gasteiger partial charge in [0, 0.05) is 37.4 Å². The molecule has 1 aliphatic carbocycles. The topological polar surface area (TPSA) is 31.1 Å². The smallest absolute Gasteiger partial charge is 0.169 e. The first kappa shape index (κ1) is 12.0. The van der Waals surface area contributed by atoms with Crippen molar-refractivity contribution in [3.63, 3.8) is 0 Å². The summed E-state index contributed by atoms with van der Waals surface area (Å²) in [6, 6.07) is 2.78. The summed E-state index contributed by atoms with van der Waals surface area (Å²) in [5.41, 5.74) is 2.78. The van der Waals surface area contributed by atoms with Gasteiger partial charge in [-0.25, -0.2) is 0 Å². The predicted octanol–water partition coefficient (Wildman–Crippen LogP) is 2.58. The van der Waals surface area contributed by atoms with E-state index in [9.17, 15) is 0 Å². The zero-order valence-electron chi connectivity index (χ0n) is 10.7. The van der Waals surface area contributed by atoms with E-state index in [0.29, 0.717) is 6.04 Å². The van der Waals surface area contributed by atoms with Crippen LogP contribution >= 0.6 is 12.2 Å². The Morgan fingerprint density at radius 3 is 3.00 bits per heavy atom. The van der Waals surface area contributed by atoms with Crippen LogP contribution in [0, 0.1) is 0 Å². The zero-order chi connectivity index (χ0) is 12.4. The van der Waals surface area contributed by atoms with Gasteiger partial charge in [0.15, 0.2) is 5.11 Å². The summed E-state index contributed by atoms with van der Waals surface area (Å²) >= 11 is 5.56. The maximum absolute atomic E-state index is 5.56. The van der Waals surface area contributed by atoms with E-state index in [1.807, 2.05) is 6.20 Å². The molecule has 0 aromatic carbocycles. The maximum atomic E-state index is 5.56. The standard InChI is InChI=1S/C14H21N3S/c18-14(16-12-4-2-1-3-5-12)17-9-7-13-11(10-17)6-8-15-13/h6,8,12,15H,1-5,7,9-10H2,(H,16,18). The number of nitrogens with zero attached hydrogens (tertiary/aromatic N) is 1. The van der Waals surface area contributed by atoms with Crippen molar-refractivity contribution in [2.75, 3.05) is 6.54 Å². The molecule has 1 aliphatic heterocycles. The van der Waals surface area contributed by atoms with Crippen molar-refractivity contribution in [2.24, 2.45) is 0 Å². The summed E-state index contributed by atoms with van der Waals surface area (Å²) < 4.78 is 0. The number of H-pyrrole nitrogens is 1. The van der Waals surface area contributed by atoms with E-state index in [1.54, 1.807) is 0 Å². The lowest BCUT2D eigenvalue weighted by Gasteiger charge is -2.33. The molecule has 2 N–H and O–H groups in total. The van der Waals surface area contributed by atoms with E-state index in [4.69, 9.17) is 12.2 Å². The highest BCUT2D eigenvalue weighted by atomic mass is 32.1. The van der Waals surface area contributed by atoms with Crippen molar-refractivity contribution >= 4 is 17.3 Å². The second-order valence-corrected chi connectivity index (χ2v) is 5.82. The fourth-order valence-electron chi connectivity index (χ4n) is 3.03. The first-order chi connectivity index (χ1) is 8.83. The lowest BCUT2D eigenvalue weighted by atomic mass is 9.96. The van der Waals surface area contributed by atoms with Crippen LogP contribution in [-0.4, -0.2) is 27.6 Å². The van der Waals surface area contributed by atoms with Crippen LogP contribution in [0.2, 0.25) is 0 Å². The molecule has 2 aliphatic rings. The van der Waals surface area contributed by atoms with Gasteiger partial charge in [0.2, 0.25) is 0 Å². The molecular formula is C14H21N3S. The van der Waals surface area contributed by atoms with E-state index in [-0.39, 0.29) is 0 Å². The third kappa shape index (κ3) is 2.53. The van der Waals surface area contributed by atoms with Crippen molar-refractivity contribution in [3.05, 3.63) is 23.5 Å². The Kier molecular flexibility index (Phi) is 3.55. The molecule has 18 heavy (non-hydrogen) atoms. The summed E-state index contributed by atoms with van der Waals surface area (Å²) in [4.78, 5) is 5.61. The third-order valence-corrected chi connectivity index (χ3v) is 4.52. The van der Waals surface area contributed by atoms with Gasteiger partial charge in [0.1, 0.15) is 0 Å². The molecule has 0 amide bonds. The van der Waals surface area contributed by atoms with Crippen molar-refractivity contribution in [3.8, 4) is 0 Å². The number of thiocarbonyl (C=S) groups is 1. The Morgan fingerprint density at radius 2 is 2.17 bits per heavy atom. The molecule has 0 spiro atoms. The fourth-order valence-corrected chi connectivity index (χ4v) is 3.36. The number of aromatic nitrogens is 1. The average molecular weight is 263 g/mol. The van der Waals surface area contributed by atoms with Crippen LogP contribution in [0.1, 0.15) is 43.4 Å². The zero-order valence-corrected chi connectivity index (χ0v) is 11.6. The first-order valence-electron chi connectivity index (χ1n) is 7.03. The molecule has 0 saturated heterocycles. The maximum Gasteiger partial charge on any atom is 0.169 e. The van der Waals surface area contributed by atoms with Crippen molar-refractivity contribution in [2.45, 2.75) is 51.1 Å². The van der Waals surface area contributed by atoms with E-state index in [0.717, 1.165) is 24.6 Å². The second kappa shape index (κ2) is 5.31.